The Morgan fingerprint density at radius 2 is 1.91 bits per heavy atom. The Balaban J connectivity index is 1.34. The molecule has 1 fully saturated rings. The number of imidazole rings is 2. The second kappa shape index (κ2) is 7.51. The first-order valence-electron chi connectivity index (χ1n) is 11.1. The molecule has 0 radical (unpaired) electrons. The summed E-state index contributed by atoms with van der Waals surface area (Å²) in [5.41, 5.74) is 4.85. The molecule has 1 saturated carbocycles. The number of aromatic nitrogens is 8. The zero-order chi connectivity index (χ0) is 21.8. The molecule has 0 spiro atoms. The summed E-state index contributed by atoms with van der Waals surface area (Å²) in [5, 5.41) is 4.28. The minimum absolute atomic E-state index is 0.240. The minimum Gasteiger partial charge on any atom is -0.365 e. The van der Waals surface area contributed by atoms with Crippen molar-refractivity contribution in [3.8, 4) is 11.4 Å². The van der Waals surface area contributed by atoms with Gasteiger partial charge >= 0.3 is 0 Å². The lowest BCUT2D eigenvalue weighted by molar-refractivity contribution is 0.565. The van der Waals surface area contributed by atoms with Crippen molar-refractivity contribution < 1.29 is 0 Å². The molecule has 32 heavy (non-hydrogen) atoms. The SMILES string of the molecule is CCn1c(-c2cnc(C)nc2)nc2c(N[C@@H]3CCc4nc(Cl)n(C5CC5)c4C3)ncnc21. The van der Waals surface area contributed by atoms with Gasteiger partial charge in [-0.05, 0) is 51.1 Å². The van der Waals surface area contributed by atoms with E-state index in [1.807, 2.05) is 19.3 Å². The molecule has 6 rings (SSSR count). The molecule has 2 aliphatic rings. The van der Waals surface area contributed by atoms with Gasteiger partial charge in [-0.1, -0.05) is 0 Å². The highest BCUT2D eigenvalue weighted by atomic mass is 35.5. The summed E-state index contributed by atoms with van der Waals surface area (Å²) in [7, 11) is 0. The quantitative estimate of drug-likeness (QED) is 0.495. The van der Waals surface area contributed by atoms with Crippen LogP contribution in [0.15, 0.2) is 18.7 Å². The molecule has 0 saturated heterocycles. The highest BCUT2D eigenvalue weighted by Crippen LogP contribution is 2.41. The molecule has 1 atom stereocenters. The molecule has 0 unspecified atom stereocenters. The van der Waals surface area contributed by atoms with E-state index >= 15 is 0 Å². The zero-order valence-corrected chi connectivity index (χ0v) is 18.8. The van der Waals surface area contributed by atoms with E-state index in [2.05, 4.69) is 46.3 Å². The fraction of sp³-hybridized carbons (Fsp3) is 0.455. The van der Waals surface area contributed by atoms with Crippen LogP contribution < -0.4 is 5.32 Å². The number of halogens is 1. The third-order valence-corrected chi connectivity index (χ3v) is 6.63. The van der Waals surface area contributed by atoms with Crippen LogP contribution in [0.5, 0.6) is 0 Å². The largest absolute Gasteiger partial charge is 0.365 e. The Morgan fingerprint density at radius 1 is 1.09 bits per heavy atom. The fourth-order valence-electron chi connectivity index (χ4n) is 4.63. The van der Waals surface area contributed by atoms with E-state index in [0.717, 1.165) is 65.7 Å². The molecule has 10 heteroatoms. The van der Waals surface area contributed by atoms with Crippen molar-refractivity contribution in [2.24, 2.45) is 0 Å². The second-order valence-corrected chi connectivity index (χ2v) is 8.89. The lowest BCUT2D eigenvalue weighted by Gasteiger charge is -2.24. The molecule has 164 valence electrons. The van der Waals surface area contributed by atoms with Gasteiger partial charge in [-0.15, -0.1) is 0 Å². The van der Waals surface area contributed by atoms with Crippen molar-refractivity contribution in [2.75, 3.05) is 5.32 Å². The maximum absolute atomic E-state index is 6.45. The van der Waals surface area contributed by atoms with Gasteiger partial charge in [-0.25, -0.2) is 29.9 Å². The highest BCUT2D eigenvalue weighted by Gasteiger charge is 2.33. The van der Waals surface area contributed by atoms with Gasteiger partial charge in [-0.2, -0.15) is 0 Å². The summed E-state index contributed by atoms with van der Waals surface area (Å²) in [6, 6.07) is 0.756. The third kappa shape index (κ3) is 3.23. The highest BCUT2D eigenvalue weighted by molar-refractivity contribution is 6.28. The van der Waals surface area contributed by atoms with E-state index in [1.165, 1.54) is 18.5 Å². The Bertz CT molecular complexity index is 1300. The van der Waals surface area contributed by atoms with E-state index in [0.29, 0.717) is 11.3 Å². The molecule has 4 aromatic rings. The number of nitrogens with one attached hydrogen (secondary N) is 1. The number of hydrogen-bond acceptors (Lipinski definition) is 7. The van der Waals surface area contributed by atoms with Gasteiger partial charge in [0.2, 0.25) is 5.28 Å². The Labute approximate surface area is 190 Å². The molecule has 1 N–H and O–H groups in total. The molecular formula is C22H24ClN9. The summed E-state index contributed by atoms with van der Waals surface area (Å²) in [4.78, 5) is 27.3. The van der Waals surface area contributed by atoms with E-state index in [9.17, 15) is 0 Å². The Hall–Kier alpha value is -3.07. The molecular weight excluding hydrogens is 426 g/mol. The molecule has 0 aromatic carbocycles. The molecule has 9 nitrogen and oxygen atoms in total. The van der Waals surface area contributed by atoms with Crippen LogP contribution in [0.2, 0.25) is 5.28 Å². The Morgan fingerprint density at radius 3 is 2.66 bits per heavy atom. The van der Waals surface area contributed by atoms with Gasteiger partial charge in [-0.3, -0.25) is 0 Å². The van der Waals surface area contributed by atoms with Gasteiger partial charge in [0.25, 0.3) is 0 Å². The van der Waals surface area contributed by atoms with E-state index in [1.54, 1.807) is 6.33 Å². The number of hydrogen-bond donors (Lipinski definition) is 1. The number of nitrogens with zero attached hydrogens (tertiary/aromatic N) is 8. The summed E-state index contributed by atoms with van der Waals surface area (Å²) < 4.78 is 4.32. The van der Waals surface area contributed by atoms with Crippen LogP contribution >= 0.6 is 11.6 Å². The van der Waals surface area contributed by atoms with Crippen LogP contribution in [0.1, 0.15) is 49.4 Å². The van der Waals surface area contributed by atoms with Crippen molar-refractivity contribution in [2.45, 2.75) is 64.6 Å². The molecule has 2 aliphatic carbocycles. The number of anilines is 1. The summed E-state index contributed by atoms with van der Waals surface area (Å²) >= 11 is 6.45. The maximum atomic E-state index is 6.45. The lowest BCUT2D eigenvalue weighted by atomic mass is 9.95. The minimum atomic E-state index is 0.240. The predicted molar refractivity (Wildman–Crippen MR) is 122 cm³/mol. The van der Waals surface area contributed by atoms with Gasteiger partial charge in [0.05, 0.1) is 11.3 Å². The van der Waals surface area contributed by atoms with Gasteiger partial charge in [0.1, 0.15) is 18.0 Å². The average molecular weight is 450 g/mol. The second-order valence-electron chi connectivity index (χ2n) is 8.55. The first-order chi connectivity index (χ1) is 15.6. The van der Waals surface area contributed by atoms with Crippen molar-refractivity contribution in [1.29, 1.82) is 0 Å². The van der Waals surface area contributed by atoms with Crippen LogP contribution in [0, 0.1) is 6.92 Å². The van der Waals surface area contributed by atoms with Crippen LogP contribution in [0.4, 0.5) is 5.82 Å². The van der Waals surface area contributed by atoms with E-state index in [4.69, 9.17) is 16.6 Å². The predicted octanol–water partition coefficient (Wildman–Crippen LogP) is 3.77. The van der Waals surface area contributed by atoms with Gasteiger partial charge < -0.3 is 14.5 Å². The van der Waals surface area contributed by atoms with Crippen molar-refractivity contribution in [3.63, 3.8) is 0 Å². The molecule has 0 aliphatic heterocycles. The standard InChI is InChI=1S/C22H24ClN9/c1-3-31-20(13-9-24-12(2)25-10-13)30-18-19(26-11-27-21(18)31)28-14-4-7-16-17(8-14)32(15-5-6-15)22(23)29-16/h9-11,14-15H,3-8H2,1-2H3,(H,26,27,28)/t14-/m1/s1. The zero-order valence-electron chi connectivity index (χ0n) is 18.1. The van der Waals surface area contributed by atoms with Crippen LogP contribution in [0.3, 0.4) is 0 Å². The van der Waals surface area contributed by atoms with Crippen molar-refractivity contribution in [3.05, 3.63) is 41.2 Å². The fourth-order valence-corrected chi connectivity index (χ4v) is 4.98. The van der Waals surface area contributed by atoms with Gasteiger partial charge in [0, 0.05) is 43.1 Å². The smallest absolute Gasteiger partial charge is 0.203 e. The first-order valence-corrected chi connectivity index (χ1v) is 11.5. The monoisotopic (exact) mass is 449 g/mol. The third-order valence-electron chi connectivity index (χ3n) is 6.36. The van der Waals surface area contributed by atoms with Crippen LogP contribution in [-0.2, 0) is 19.4 Å². The van der Waals surface area contributed by atoms with Crippen molar-refractivity contribution >= 4 is 28.6 Å². The van der Waals surface area contributed by atoms with E-state index < -0.39 is 0 Å². The Kier molecular flexibility index (Phi) is 4.60. The first kappa shape index (κ1) is 19.6. The van der Waals surface area contributed by atoms with Gasteiger partial charge in [0.15, 0.2) is 17.0 Å². The summed E-state index contributed by atoms with van der Waals surface area (Å²) in [5.74, 6) is 2.29. The number of aryl methyl sites for hydroxylation is 3. The molecule has 0 amide bonds. The lowest BCUT2D eigenvalue weighted by Crippen LogP contribution is -2.29. The molecule has 0 bridgehead atoms. The van der Waals surface area contributed by atoms with E-state index in [-0.39, 0.29) is 6.04 Å². The number of rotatable bonds is 5. The van der Waals surface area contributed by atoms with Crippen LogP contribution in [-0.4, -0.2) is 45.1 Å². The average Bonchev–Trinajstić information content (AvgIpc) is 3.47. The number of fused-ring (bicyclic) bond motifs is 2. The van der Waals surface area contributed by atoms with Crippen molar-refractivity contribution in [1.82, 2.24) is 39.0 Å². The summed E-state index contributed by atoms with van der Waals surface area (Å²) in [6.07, 6.45) is 10.4. The molecule has 4 heterocycles. The topological polar surface area (TPSA) is 99.2 Å². The van der Waals surface area contributed by atoms with Crippen LogP contribution in [0.25, 0.3) is 22.6 Å². The maximum Gasteiger partial charge on any atom is 0.203 e. The summed E-state index contributed by atoms with van der Waals surface area (Å²) in [6.45, 7) is 4.69. The normalized spacial score (nSPS) is 18.2. The molecule has 4 aromatic heterocycles.